The van der Waals surface area contributed by atoms with Crippen molar-refractivity contribution < 1.29 is 9.59 Å². The summed E-state index contributed by atoms with van der Waals surface area (Å²) in [5.74, 6) is 0.646. The Kier molecular flexibility index (Phi) is 3.13. The average Bonchev–Trinajstić information content (AvgIpc) is 2.84. The van der Waals surface area contributed by atoms with Gasteiger partial charge in [-0.3, -0.25) is 9.59 Å². The van der Waals surface area contributed by atoms with E-state index < -0.39 is 0 Å². The second-order valence-electron chi connectivity index (χ2n) is 5.10. The third-order valence-corrected chi connectivity index (χ3v) is 3.06. The van der Waals surface area contributed by atoms with E-state index >= 15 is 0 Å². The van der Waals surface area contributed by atoms with Crippen LogP contribution in [0.1, 0.15) is 47.0 Å². The van der Waals surface area contributed by atoms with Gasteiger partial charge in [0.2, 0.25) is 0 Å². The molecule has 0 bridgehead atoms. The maximum Gasteiger partial charge on any atom is 0.141 e. The average molecular weight is 196 g/mol. The third-order valence-electron chi connectivity index (χ3n) is 3.06. The molecule has 14 heavy (non-hydrogen) atoms. The molecule has 0 aromatic rings. The molecule has 2 nitrogen and oxygen atoms in total. The Balaban J connectivity index is 2.60. The van der Waals surface area contributed by atoms with Crippen LogP contribution in [0.15, 0.2) is 0 Å². The monoisotopic (exact) mass is 196 g/mol. The summed E-state index contributed by atoms with van der Waals surface area (Å²) in [5.41, 5.74) is -0.254. The summed E-state index contributed by atoms with van der Waals surface area (Å²) < 4.78 is 0. The predicted molar refractivity (Wildman–Crippen MR) is 56.0 cm³/mol. The van der Waals surface area contributed by atoms with Gasteiger partial charge in [0.15, 0.2) is 0 Å². The van der Waals surface area contributed by atoms with Crippen molar-refractivity contribution in [2.45, 2.75) is 47.0 Å². The molecule has 2 heteroatoms. The Bertz CT molecular complexity index is 247. The first-order valence-electron chi connectivity index (χ1n) is 5.46. The largest absolute Gasteiger partial charge is 0.299 e. The van der Waals surface area contributed by atoms with Crippen LogP contribution < -0.4 is 0 Å². The van der Waals surface area contributed by atoms with Crippen LogP contribution in [0, 0.1) is 17.3 Å². The van der Waals surface area contributed by atoms with Crippen molar-refractivity contribution in [3.63, 3.8) is 0 Å². The van der Waals surface area contributed by atoms with Crippen molar-refractivity contribution in [2.24, 2.45) is 17.3 Å². The molecule has 0 heterocycles. The topological polar surface area (TPSA) is 34.1 Å². The summed E-state index contributed by atoms with van der Waals surface area (Å²) in [6.07, 6.45) is 2.31. The summed E-state index contributed by atoms with van der Waals surface area (Å²) in [6.45, 7) is 7.64. The first-order valence-corrected chi connectivity index (χ1v) is 5.46. The molecule has 1 rings (SSSR count). The number of ketones is 2. The van der Waals surface area contributed by atoms with Gasteiger partial charge in [0.1, 0.15) is 11.6 Å². The highest BCUT2D eigenvalue weighted by Gasteiger charge is 2.51. The maximum absolute atomic E-state index is 11.8. The van der Waals surface area contributed by atoms with Gasteiger partial charge in [0.25, 0.3) is 0 Å². The molecule has 0 radical (unpaired) electrons. The van der Waals surface area contributed by atoms with Crippen molar-refractivity contribution in [3.8, 4) is 0 Å². The van der Waals surface area contributed by atoms with Gasteiger partial charge in [-0.15, -0.1) is 0 Å². The lowest BCUT2D eigenvalue weighted by molar-refractivity contribution is -0.132. The Labute approximate surface area is 86.1 Å². The molecule has 1 saturated carbocycles. The highest BCUT2D eigenvalue weighted by molar-refractivity contribution is 5.94. The van der Waals surface area contributed by atoms with Crippen molar-refractivity contribution in [3.05, 3.63) is 0 Å². The van der Waals surface area contributed by atoms with Crippen LogP contribution in [-0.4, -0.2) is 11.6 Å². The first-order chi connectivity index (χ1) is 6.39. The van der Waals surface area contributed by atoms with E-state index in [1.165, 1.54) is 0 Å². The molecule has 1 aliphatic rings. The number of rotatable bonds is 5. The lowest BCUT2D eigenvalue weighted by Gasteiger charge is -2.16. The molecular formula is C12H20O2. The zero-order valence-corrected chi connectivity index (χ0v) is 9.59. The minimum absolute atomic E-state index is 0.0624. The van der Waals surface area contributed by atoms with Gasteiger partial charge in [0.05, 0.1) is 0 Å². The number of hydrogen-bond acceptors (Lipinski definition) is 2. The fraction of sp³-hybridized carbons (Fsp3) is 0.833. The van der Waals surface area contributed by atoms with E-state index in [9.17, 15) is 9.59 Å². The normalized spacial score (nSPS) is 18.7. The number of carbonyl (C=O) groups excluding carboxylic acids is 2. The molecule has 0 amide bonds. The molecule has 0 aromatic heterocycles. The van der Waals surface area contributed by atoms with E-state index in [0.29, 0.717) is 6.42 Å². The molecule has 0 unspecified atom stereocenters. The second-order valence-corrected chi connectivity index (χ2v) is 5.10. The minimum Gasteiger partial charge on any atom is -0.299 e. The quantitative estimate of drug-likeness (QED) is 0.677. The van der Waals surface area contributed by atoms with Crippen LogP contribution in [0.2, 0.25) is 0 Å². The summed E-state index contributed by atoms with van der Waals surface area (Å²) in [6, 6.07) is 0. The van der Waals surface area contributed by atoms with Gasteiger partial charge in [-0.2, -0.15) is 0 Å². The summed E-state index contributed by atoms with van der Waals surface area (Å²) in [4.78, 5) is 23.4. The van der Waals surface area contributed by atoms with Gasteiger partial charge in [-0.25, -0.2) is 0 Å². The Morgan fingerprint density at radius 3 is 1.86 bits per heavy atom. The molecule has 0 spiro atoms. The fourth-order valence-electron chi connectivity index (χ4n) is 1.81. The second kappa shape index (κ2) is 3.84. The lowest BCUT2D eigenvalue weighted by Crippen LogP contribution is -2.25. The molecule has 1 aliphatic carbocycles. The van der Waals surface area contributed by atoms with Crippen molar-refractivity contribution in [1.82, 2.24) is 0 Å². The van der Waals surface area contributed by atoms with Crippen LogP contribution in [0.5, 0.6) is 0 Å². The van der Waals surface area contributed by atoms with Crippen LogP contribution in [0.3, 0.4) is 0 Å². The van der Waals surface area contributed by atoms with Crippen molar-refractivity contribution >= 4 is 11.6 Å². The maximum atomic E-state index is 11.8. The molecule has 0 aromatic carbocycles. The van der Waals surface area contributed by atoms with Gasteiger partial charge in [-0.1, -0.05) is 27.7 Å². The summed E-state index contributed by atoms with van der Waals surface area (Å²) in [5, 5.41) is 0. The van der Waals surface area contributed by atoms with Crippen LogP contribution in [0.25, 0.3) is 0 Å². The van der Waals surface area contributed by atoms with E-state index in [1.54, 1.807) is 0 Å². The van der Waals surface area contributed by atoms with Crippen LogP contribution in [0.4, 0.5) is 0 Å². The van der Waals surface area contributed by atoms with E-state index in [4.69, 9.17) is 0 Å². The van der Waals surface area contributed by atoms with Crippen LogP contribution in [-0.2, 0) is 9.59 Å². The molecule has 0 N–H and O–H groups in total. The van der Waals surface area contributed by atoms with E-state index in [-0.39, 0.29) is 28.8 Å². The van der Waals surface area contributed by atoms with Crippen molar-refractivity contribution in [2.75, 3.05) is 0 Å². The molecule has 0 aliphatic heterocycles. The Morgan fingerprint density at radius 1 is 1.07 bits per heavy atom. The van der Waals surface area contributed by atoms with Gasteiger partial charge >= 0.3 is 0 Å². The van der Waals surface area contributed by atoms with E-state index in [0.717, 1.165) is 12.8 Å². The molecule has 80 valence electrons. The molecule has 0 atom stereocenters. The zero-order valence-electron chi connectivity index (χ0n) is 9.59. The van der Waals surface area contributed by atoms with Crippen LogP contribution >= 0.6 is 0 Å². The SMILES string of the molecule is CC(C)C(=O)CC1(C(=O)C(C)C)CC1. The molecule has 0 saturated heterocycles. The van der Waals surface area contributed by atoms with E-state index in [1.807, 2.05) is 27.7 Å². The molecular weight excluding hydrogens is 176 g/mol. The first kappa shape index (κ1) is 11.4. The van der Waals surface area contributed by atoms with Gasteiger partial charge < -0.3 is 0 Å². The standard InChI is InChI=1S/C12H20O2/c1-8(2)10(13)7-12(5-6-12)11(14)9(3)4/h8-9H,5-7H2,1-4H3. The van der Waals surface area contributed by atoms with Gasteiger partial charge in [-0.05, 0) is 12.8 Å². The minimum atomic E-state index is -0.254. The summed E-state index contributed by atoms with van der Waals surface area (Å²) >= 11 is 0. The summed E-state index contributed by atoms with van der Waals surface area (Å²) in [7, 11) is 0. The number of hydrogen-bond donors (Lipinski definition) is 0. The lowest BCUT2D eigenvalue weighted by atomic mass is 9.85. The molecule has 1 fully saturated rings. The predicted octanol–water partition coefficient (Wildman–Crippen LogP) is 2.61. The third kappa shape index (κ3) is 2.23. The Morgan fingerprint density at radius 2 is 1.57 bits per heavy atom. The highest BCUT2D eigenvalue weighted by atomic mass is 16.1. The highest BCUT2D eigenvalue weighted by Crippen LogP contribution is 2.51. The van der Waals surface area contributed by atoms with Gasteiger partial charge in [0, 0.05) is 23.7 Å². The number of carbonyl (C=O) groups is 2. The smallest absolute Gasteiger partial charge is 0.141 e. The number of Topliss-reactive ketones (excluding diaryl/α,β-unsaturated/α-hetero) is 2. The van der Waals surface area contributed by atoms with Crippen molar-refractivity contribution in [1.29, 1.82) is 0 Å². The fourth-order valence-corrected chi connectivity index (χ4v) is 1.81. The van der Waals surface area contributed by atoms with E-state index in [2.05, 4.69) is 0 Å². The Hall–Kier alpha value is -0.660. The zero-order chi connectivity index (χ0) is 10.9.